The first-order chi connectivity index (χ1) is 19.0. The normalized spacial score (nSPS) is 12.6. The Bertz CT molecular complexity index is 1200. The van der Waals surface area contributed by atoms with Crippen LogP contribution in [0.5, 0.6) is 5.75 Å². The molecule has 3 rings (SSSR count). The fraction of sp³-hybridized carbons (Fsp3) is 0.379. The molecule has 0 N–H and O–H groups in total. The molecule has 0 amide bonds. The zero-order valence-electron chi connectivity index (χ0n) is 22.7. The van der Waals surface area contributed by atoms with Crippen LogP contribution >= 0.6 is 7.37 Å². The Hall–Kier alpha value is -3.07. The van der Waals surface area contributed by atoms with Gasteiger partial charge in [-0.15, -0.1) is 0 Å². The molecular formula is C29H36NO8P. The van der Waals surface area contributed by atoms with Crippen LogP contribution in [0, 0.1) is 0 Å². The van der Waals surface area contributed by atoms with Crippen molar-refractivity contribution in [3.63, 3.8) is 0 Å². The summed E-state index contributed by atoms with van der Waals surface area (Å²) in [6, 6.07) is 20.1. The number of hydrogen-bond acceptors (Lipinski definition) is 9. The molecule has 0 aliphatic heterocycles. The maximum atomic E-state index is 14.2. The minimum atomic E-state index is -3.49. The molecule has 0 radical (unpaired) electrons. The van der Waals surface area contributed by atoms with Crippen LogP contribution in [0.1, 0.15) is 19.5 Å². The highest BCUT2D eigenvalue weighted by atomic mass is 31.2. The molecule has 0 aliphatic rings. The molecule has 10 heteroatoms. The predicted octanol–water partition coefficient (Wildman–Crippen LogP) is 4.14. The van der Waals surface area contributed by atoms with Gasteiger partial charge in [-0.05, 0) is 54.4 Å². The van der Waals surface area contributed by atoms with Crippen LogP contribution in [0.3, 0.4) is 0 Å². The SMILES string of the molecule is CCOP(=O)(c1ccccc1)c1cc(-c2ccc(OCCOCCOCCOC)cc2)cc(COC(C)=O)n1. The standard InChI is InChI=1S/C29H36NO8P/c1-4-38-39(32,28-8-6-5-7-9-28)29-21-25(20-26(30-29)22-37-23(2)31)24-10-12-27(13-11-24)36-19-18-35-17-16-34-15-14-33-3/h5-13,20-21H,4,14-19,22H2,1-3H3. The van der Waals surface area contributed by atoms with Crippen molar-refractivity contribution in [2.75, 3.05) is 53.4 Å². The summed E-state index contributed by atoms with van der Waals surface area (Å²) < 4.78 is 46.7. The van der Waals surface area contributed by atoms with E-state index in [9.17, 15) is 9.36 Å². The minimum Gasteiger partial charge on any atom is -0.491 e. The number of aromatic nitrogens is 1. The zero-order valence-corrected chi connectivity index (χ0v) is 23.6. The number of carbonyl (C=O) groups is 1. The fourth-order valence-corrected chi connectivity index (χ4v) is 5.69. The van der Waals surface area contributed by atoms with Crippen LogP contribution in [-0.4, -0.2) is 64.3 Å². The van der Waals surface area contributed by atoms with Crippen LogP contribution in [0.2, 0.25) is 0 Å². The molecule has 0 saturated carbocycles. The van der Waals surface area contributed by atoms with Gasteiger partial charge < -0.3 is 28.2 Å². The number of pyridine rings is 1. The van der Waals surface area contributed by atoms with Gasteiger partial charge in [0, 0.05) is 19.3 Å². The summed E-state index contributed by atoms with van der Waals surface area (Å²) in [6.45, 7) is 6.26. The molecule has 0 saturated heterocycles. The highest BCUT2D eigenvalue weighted by Crippen LogP contribution is 2.44. The first kappa shape index (κ1) is 30.5. The molecule has 0 fully saturated rings. The molecule has 1 heterocycles. The Morgan fingerprint density at radius 1 is 0.846 bits per heavy atom. The second-order valence-electron chi connectivity index (χ2n) is 8.38. The average molecular weight is 558 g/mol. The molecule has 0 spiro atoms. The van der Waals surface area contributed by atoms with E-state index in [1.807, 2.05) is 48.5 Å². The van der Waals surface area contributed by atoms with Gasteiger partial charge in [0.1, 0.15) is 24.4 Å². The second kappa shape index (κ2) is 16.1. The molecule has 2 aromatic carbocycles. The van der Waals surface area contributed by atoms with Crippen LogP contribution in [-0.2, 0) is 39.4 Å². The molecule has 1 unspecified atom stereocenters. The van der Waals surface area contributed by atoms with Gasteiger partial charge in [0.05, 0.1) is 45.3 Å². The van der Waals surface area contributed by atoms with Crippen molar-refractivity contribution in [2.45, 2.75) is 20.5 Å². The average Bonchev–Trinajstić information content (AvgIpc) is 2.96. The molecule has 39 heavy (non-hydrogen) atoms. The monoisotopic (exact) mass is 557 g/mol. The van der Waals surface area contributed by atoms with E-state index in [0.717, 1.165) is 11.1 Å². The molecule has 0 aliphatic carbocycles. The maximum Gasteiger partial charge on any atom is 0.303 e. The van der Waals surface area contributed by atoms with Crippen LogP contribution in [0.15, 0.2) is 66.7 Å². The van der Waals surface area contributed by atoms with Crippen LogP contribution in [0.4, 0.5) is 0 Å². The molecule has 1 aromatic heterocycles. The van der Waals surface area contributed by atoms with Gasteiger partial charge in [0.2, 0.25) is 0 Å². The second-order valence-corrected chi connectivity index (χ2v) is 10.7. The van der Waals surface area contributed by atoms with Crippen molar-refractivity contribution in [3.05, 3.63) is 72.4 Å². The number of carbonyl (C=O) groups excluding carboxylic acids is 1. The van der Waals surface area contributed by atoms with Gasteiger partial charge in [-0.2, -0.15) is 0 Å². The fourth-order valence-electron chi connectivity index (χ4n) is 3.64. The smallest absolute Gasteiger partial charge is 0.303 e. The van der Waals surface area contributed by atoms with Gasteiger partial charge >= 0.3 is 5.97 Å². The summed E-state index contributed by atoms with van der Waals surface area (Å²) in [4.78, 5) is 16.0. The Morgan fingerprint density at radius 3 is 2.15 bits per heavy atom. The van der Waals surface area contributed by atoms with E-state index in [0.29, 0.717) is 61.8 Å². The van der Waals surface area contributed by atoms with Crippen molar-refractivity contribution in [1.82, 2.24) is 4.98 Å². The van der Waals surface area contributed by atoms with E-state index in [1.165, 1.54) is 6.92 Å². The van der Waals surface area contributed by atoms with Crippen molar-refractivity contribution >= 4 is 24.1 Å². The number of hydrogen-bond donors (Lipinski definition) is 0. The van der Waals surface area contributed by atoms with Crippen LogP contribution < -0.4 is 15.5 Å². The molecule has 1 atom stereocenters. The molecule has 0 bridgehead atoms. The van der Waals surface area contributed by atoms with Gasteiger partial charge in [-0.1, -0.05) is 30.3 Å². The Balaban J connectivity index is 1.74. The van der Waals surface area contributed by atoms with E-state index in [4.69, 9.17) is 28.2 Å². The van der Waals surface area contributed by atoms with E-state index >= 15 is 0 Å². The van der Waals surface area contributed by atoms with Crippen molar-refractivity contribution in [1.29, 1.82) is 0 Å². The van der Waals surface area contributed by atoms with Gasteiger partial charge in [0.15, 0.2) is 0 Å². The third-order valence-electron chi connectivity index (χ3n) is 5.48. The summed E-state index contributed by atoms with van der Waals surface area (Å²) in [7, 11) is -1.86. The lowest BCUT2D eigenvalue weighted by Gasteiger charge is -2.19. The van der Waals surface area contributed by atoms with E-state index in [1.54, 1.807) is 32.2 Å². The lowest BCUT2D eigenvalue weighted by atomic mass is 10.1. The first-order valence-electron chi connectivity index (χ1n) is 12.8. The van der Waals surface area contributed by atoms with Gasteiger partial charge in [-0.3, -0.25) is 9.36 Å². The quantitative estimate of drug-likeness (QED) is 0.138. The van der Waals surface area contributed by atoms with Crippen molar-refractivity contribution in [3.8, 4) is 16.9 Å². The number of rotatable bonds is 17. The van der Waals surface area contributed by atoms with E-state index in [-0.39, 0.29) is 13.2 Å². The van der Waals surface area contributed by atoms with E-state index in [2.05, 4.69) is 4.98 Å². The lowest BCUT2D eigenvalue weighted by Crippen LogP contribution is -2.22. The van der Waals surface area contributed by atoms with Gasteiger partial charge in [0.25, 0.3) is 7.37 Å². The predicted molar refractivity (Wildman–Crippen MR) is 149 cm³/mol. The third-order valence-corrected chi connectivity index (χ3v) is 7.92. The largest absolute Gasteiger partial charge is 0.491 e. The summed E-state index contributed by atoms with van der Waals surface area (Å²) in [6.07, 6.45) is 0. The number of ether oxygens (including phenoxy) is 5. The first-order valence-corrected chi connectivity index (χ1v) is 14.4. The summed E-state index contributed by atoms with van der Waals surface area (Å²) in [5.74, 6) is 0.265. The third kappa shape index (κ3) is 9.56. The highest BCUT2D eigenvalue weighted by Gasteiger charge is 2.31. The van der Waals surface area contributed by atoms with Crippen molar-refractivity contribution < 1.29 is 37.6 Å². The van der Waals surface area contributed by atoms with Crippen LogP contribution in [0.25, 0.3) is 11.1 Å². The summed E-state index contributed by atoms with van der Waals surface area (Å²) >= 11 is 0. The highest BCUT2D eigenvalue weighted by molar-refractivity contribution is 7.74. The minimum absolute atomic E-state index is 0.0459. The molecule has 9 nitrogen and oxygen atoms in total. The maximum absolute atomic E-state index is 14.2. The number of benzene rings is 2. The number of esters is 1. The summed E-state index contributed by atoms with van der Waals surface area (Å²) in [5.41, 5.74) is 2.38. The Labute approximate surface area is 229 Å². The van der Waals surface area contributed by atoms with Gasteiger partial charge in [-0.25, -0.2) is 4.98 Å². The number of nitrogens with zero attached hydrogens (tertiary/aromatic N) is 1. The lowest BCUT2D eigenvalue weighted by molar-refractivity contribution is -0.142. The topological polar surface area (TPSA) is 102 Å². The summed E-state index contributed by atoms with van der Waals surface area (Å²) in [5, 5.41) is 0.544. The molecule has 210 valence electrons. The molecular weight excluding hydrogens is 521 g/mol. The van der Waals surface area contributed by atoms with Crippen molar-refractivity contribution in [2.24, 2.45) is 0 Å². The zero-order chi connectivity index (χ0) is 27.9. The Kier molecular flexibility index (Phi) is 12.6. The Morgan fingerprint density at radius 2 is 1.51 bits per heavy atom. The number of methoxy groups -OCH3 is 1. The van der Waals surface area contributed by atoms with E-state index < -0.39 is 13.3 Å². The molecule has 3 aromatic rings.